The van der Waals surface area contributed by atoms with Gasteiger partial charge < -0.3 is 10.2 Å². The minimum atomic E-state index is -1.07. The van der Waals surface area contributed by atoms with Gasteiger partial charge in [0.2, 0.25) is 5.82 Å². The molecule has 0 aromatic heterocycles. The molecule has 1 saturated carbocycles. The molecule has 1 aliphatic carbocycles. The minimum Gasteiger partial charge on any atom is -0.508 e. The van der Waals surface area contributed by atoms with Crippen LogP contribution in [0.25, 0.3) is 0 Å². The first-order valence-electron chi connectivity index (χ1n) is 4.79. The number of nitro groups is 1. The van der Waals surface area contributed by atoms with Crippen molar-refractivity contribution in [2.45, 2.75) is 24.9 Å². The van der Waals surface area contributed by atoms with Crippen molar-refractivity contribution in [1.82, 2.24) is 0 Å². The molecule has 2 N–H and O–H groups in total. The van der Waals surface area contributed by atoms with Gasteiger partial charge in [-0.1, -0.05) is 0 Å². The topological polar surface area (TPSA) is 83.6 Å². The highest BCUT2D eigenvalue weighted by Gasteiger charge is 2.41. The van der Waals surface area contributed by atoms with E-state index in [1.807, 2.05) is 0 Å². The van der Waals surface area contributed by atoms with Crippen LogP contribution in [0.15, 0.2) is 12.1 Å². The molecule has 16 heavy (non-hydrogen) atoms. The highest BCUT2D eigenvalue weighted by atomic mass is 19.1. The van der Waals surface area contributed by atoms with Crippen molar-refractivity contribution in [2.75, 3.05) is 0 Å². The van der Waals surface area contributed by atoms with Gasteiger partial charge in [-0.25, -0.2) is 0 Å². The molecule has 0 heterocycles. The van der Waals surface area contributed by atoms with Crippen LogP contribution in [0.4, 0.5) is 10.1 Å². The molecule has 86 valence electrons. The second-order valence-electron chi connectivity index (χ2n) is 4.09. The standard InChI is InChI=1S/C10H10FNO4/c11-7-4-9(13)6(3-8(7)12(15)16)5-10(14)1-2-10/h3-4,13-14H,1-2,5H2. The van der Waals surface area contributed by atoms with E-state index < -0.39 is 22.0 Å². The lowest BCUT2D eigenvalue weighted by Gasteiger charge is -2.09. The molecular weight excluding hydrogens is 217 g/mol. The zero-order valence-electron chi connectivity index (χ0n) is 8.31. The first-order chi connectivity index (χ1) is 7.41. The average Bonchev–Trinajstić information content (AvgIpc) is 2.88. The number of hydrogen-bond donors (Lipinski definition) is 2. The summed E-state index contributed by atoms with van der Waals surface area (Å²) in [5.74, 6) is -1.43. The van der Waals surface area contributed by atoms with Crippen LogP contribution in [0.2, 0.25) is 0 Å². The van der Waals surface area contributed by atoms with Gasteiger partial charge in [0.25, 0.3) is 0 Å². The Morgan fingerprint density at radius 1 is 1.50 bits per heavy atom. The Morgan fingerprint density at radius 2 is 2.12 bits per heavy atom. The smallest absolute Gasteiger partial charge is 0.305 e. The van der Waals surface area contributed by atoms with Gasteiger partial charge in [-0.2, -0.15) is 4.39 Å². The van der Waals surface area contributed by atoms with E-state index in [1.54, 1.807) is 0 Å². The Bertz CT molecular complexity index is 456. The molecule has 6 heteroatoms. The van der Waals surface area contributed by atoms with E-state index in [-0.39, 0.29) is 17.7 Å². The summed E-state index contributed by atoms with van der Waals surface area (Å²) < 4.78 is 13.1. The molecular formula is C10H10FNO4. The number of benzene rings is 1. The fourth-order valence-corrected chi connectivity index (χ4v) is 1.55. The number of nitrogens with zero attached hydrogens (tertiary/aromatic N) is 1. The fraction of sp³-hybridized carbons (Fsp3) is 0.400. The van der Waals surface area contributed by atoms with Crippen molar-refractivity contribution in [1.29, 1.82) is 0 Å². The van der Waals surface area contributed by atoms with E-state index in [1.165, 1.54) is 0 Å². The molecule has 0 atom stereocenters. The predicted molar refractivity (Wildman–Crippen MR) is 52.6 cm³/mol. The summed E-state index contributed by atoms with van der Waals surface area (Å²) >= 11 is 0. The van der Waals surface area contributed by atoms with Gasteiger partial charge in [-0.05, 0) is 12.8 Å². The van der Waals surface area contributed by atoms with Gasteiger partial charge >= 0.3 is 5.69 Å². The highest BCUT2D eigenvalue weighted by Crippen LogP contribution is 2.40. The number of nitro benzene ring substituents is 1. The Hall–Kier alpha value is -1.69. The maximum atomic E-state index is 13.1. The third kappa shape index (κ3) is 1.96. The normalized spacial score (nSPS) is 17.1. The van der Waals surface area contributed by atoms with Crippen molar-refractivity contribution < 1.29 is 19.5 Å². The van der Waals surface area contributed by atoms with Crippen molar-refractivity contribution in [3.63, 3.8) is 0 Å². The van der Waals surface area contributed by atoms with Crippen molar-refractivity contribution in [3.8, 4) is 5.75 Å². The molecule has 1 aromatic carbocycles. The van der Waals surface area contributed by atoms with Crippen LogP contribution in [0.1, 0.15) is 18.4 Å². The maximum absolute atomic E-state index is 13.1. The molecule has 2 rings (SSSR count). The third-order valence-corrected chi connectivity index (χ3v) is 2.69. The van der Waals surface area contributed by atoms with Crippen molar-refractivity contribution in [3.05, 3.63) is 33.6 Å². The number of halogens is 1. The molecule has 0 unspecified atom stereocenters. The van der Waals surface area contributed by atoms with Crippen LogP contribution < -0.4 is 0 Å². The van der Waals surface area contributed by atoms with E-state index in [0.717, 1.165) is 6.07 Å². The molecule has 0 aliphatic heterocycles. The van der Waals surface area contributed by atoms with Crippen LogP contribution in [-0.2, 0) is 6.42 Å². The van der Waals surface area contributed by atoms with E-state index in [2.05, 4.69) is 0 Å². The molecule has 5 nitrogen and oxygen atoms in total. The molecule has 0 saturated heterocycles. The van der Waals surface area contributed by atoms with E-state index in [9.17, 15) is 24.7 Å². The molecule has 0 radical (unpaired) electrons. The molecule has 1 fully saturated rings. The summed E-state index contributed by atoms with van der Waals surface area (Å²) in [6.07, 6.45) is 1.30. The quantitative estimate of drug-likeness (QED) is 0.605. The van der Waals surface area contributed by atoms with E-state index in [4.69, 9.17) is 0 Å². The second-order valence-corrected chi connectivity index (χ2v) is 4.09. The van der Waals surface area contributed by atoms with Crippen LogP contribution in [0.5, 0.6) is 5.75 Å². The van der Waals surface area contributed by atoms with Gasteiger partial charge in [0.05, 0.1) is 10.5 Å². The SMILES string of the molecule is O=[N+]([O-])c1cc(CC2(O)CC2)c(O)cc1F. The van der Waals surface area contributed by atoms with Crippen molar-refractivity contribution in [2.24, 2.45) is 0 Å². The first-order valence-corrected chi connectivity index (χ1v) is 4.79. The van der Waals surface area contributed by atoms with Crippen LogP contribution in [-0.4, -0.2) is 20.7 Å². The molecule has 0 spiro atoms. The molecule has 0 amide bonds. The van der Waals surface area contributed by atoms with E-state index >= 15 is 0 Å². The number of phenolic OH excluding ortho intramolecular Hbond substituents is 1. The minimum absolute atomic E-state index is 0.111. The van der Waals surface area contributed by atoms with Gasteiger partial charge in [0.1, 0.15) is 5.75 Å². The summed E-state index contributed by atoms with van der Waals surface area (Å²) in [6, 6.07) is 1.68. The number of rotatable bonds is 3. The predicted octanol–water partition coefficient (Wildman–Crippen LogP) is 1.51. The molecule has 1 aromatic rings. The Labute approximate surface area is 90.3 Å². The van der Waals surface area contributed by atoms with Gasteiger partial charge in [-0.15, -0.1) is 0 Å². The summed E-state index contributed by atoms with van der Waals surface area (Å²) in [5.41, 5.74) is -1.37. The lowest BCUT2D eigenvalue weighted by Crippen LogP contribution is -2.11. The summed E-state index contributed by atoms with van der Waals surface area (Å²) in [4.78, 5) is 9.64. The fourth-order valence-electron chi connectivity index (χ4n) is 1.55. The van der Waals surface area contributed by atoms with E-state index in [0.29, 0.717) is 18.9 Å². The Kier molecular flexibility index (Phi) is 2.31. The number of aliphatic hydroxyl groups is 1. The second kappa shape index (κ2) is 3.41. The van der Waals surface area contributed by atoms with Gasteiger partial charge in [0, 0.05) is 24.1 Å². The lowest BCUT2D eigenvalue weighted by atomic mass is 10.0. The Morgan fingerprint density at radius 3 is 2.62 bits per heavy atom. The van der Waals surface area contributed by atoms with Gasteiger partial charge in [-0.3, -0.25) is 10.1 Å². The monoisotopic (exact) mass is 227 g/mol. The summed E-state index contributed by atoms with van der Waals surface area (Å²) in [7, 11) is 0. The average molecular weight is 227 g/mol. The first kappa shape index (κ1) is 10.8. The number of aromatic hydroxyl groups is 1. The summed E-state index contributed by atoms with van der Waals surface area (Å²) in [6.45, 7) is 0. The Balaban J connectivity index is 2.37. The zero-order valence-corrected chi connectivity index (χ0v) is 8.31. The van der Waals surface area contributed by atoms with Crippen LogP contribution >= 0.6 is 0 Å². The number of phenols is 1. The maximum Gasteiger partial charge on any atom is 0.305 e. The van der Waals surface area contributed by atoms with Crippen LogP contribution in [0.3, 0.4) is 0 Å². The summed E-state index contributed by atoms with van der Waals surface area (Å²) in [5, 5.41) is 29.5. The molecule has 0 bridgehead atoms. The van der Waals surface area contributed by atoms with Crippen LogP contribution in [0, 0.1) is 15.9 Å². The molecule has 1 aliphatic rings. The van der Waals surface area contributed by atoms with Crippen molar-refractivity contribution >= 4 is 5.69 Å². The lowest BCUT2D eigenvalue weighted by molar-refractivity contribution is -0.387. The zero-order chi connectivity index (χ0) is 11.9. The highest BCUT2D eigenvalue weighted by molar-refractivity contribution is 5.45. The van der Waals surface area contributed by atoms with Gasteiger partial charge in [0.15, 0.2) is 0 Å². The largest absolute Gasteiger partial charge is 0.508 e. The number of hydrogen-bond acceptors (Lipinski definition) is 4. The third-order valence-electron chi connectivity index (χ3n) is 2.69.